The molecule has 6 nitrogen and oxygen atoms in total. The first-order valence-corrected chi connectivity index (χ1v) is 10.3. The van der Waals surface area contributed by atoms with E-state index in [9.17, 15) is 9.59 Å². The van der Waals surface area contributed by atoms with Gasteiger partial charge in [0.2, 0.25) is 5.91 Å². The Morgan fingerprint density at radius 1 is 1.35 bits per heavy atom. The minimum Gasteiger partial charge on any atom is -0.373 e. The standard InChI is InChI=1S/C19H29N3O3S/c1-13-10-21(11-14(2)25-13)12-16-6-4-8-22(16)19(24)15(3)20-18(23)17-7-5-9-26-17/h5,7,9,13-16H,4,6,8,10-12H2,1-3H3,(H,20,23)/t13-,14+,15-,16+/m1/s1. The summed E-state index contributed by atoms with van der Waals surface area (Å²) in [5.41, 5.74) is 0. The molecule has 3 rings (SSSR count). The van der Waals surface area contributed by atoms with Crippen LogP contribution in [0.1, 0.15) is 43.3 Å². The zero-order valence-corrected chi connectivity index (χ0v) is 16.6. The molecule has 0 saturated carbocycles. The fourth-order valence-electron chi connectivity index (χ4n) is 4.03. The van der Waals surface area contributed by atoms with E-state index in [0.29, 0.717) is 4.88 Å². The molecule has 0 spiro atoms. The Balaban J connectivity index is 1.56. The maximum absolute atomic E-state index is 12.9. The van der Waals surface area contributed by atoms with Crippen molar-refractivity contribution in [2.45, 2.75) is 57.9 Å². The number of carbonyl (C=O) groups is 2. The molecule has 2 amide bonds. The normalized spacial score (nSPS) is 28.1. The number of hydrogen-bond acceptors (Lipinski definition) is 5. The van der Waals surface area contributed by atoms with E-state index in [1.54, 1.807) is 13.0 Å². The van der Waals surface area contributed by atoms with E-state index in [0.717, 1.165) is 39.0 Å². The van der Waals surface area contributed by atoms with Crippen LogP contribution in [-0.4, -0.2) is 72.1 Å². The van der Waals surface area contributed by atoms with E-state index in [1.165, 1.54) is 11.3 Å². The van der Waals surface area contributed by atoms with Crippen LogP contribution in [-0.2, 0) is 9.53 Å². The average Bonchev–Trinajstić information content (AvgIpc) is 3.24. The van der Waals surface area contributed by atoms with Crippen molar-refractivity contribution in [3.63, 3.8) is 0 Å². The van der Waals surface area contributed by atoms with Crippen LogP contribution in [0.25, 0.3) is 0 Å². The average molecular weight is 380 g/mol. The Morgan fingerprint density at radius 3 is 2.73 bits per heavy atom. The number of thiophene rings is 1. The van der Waals surface area contributed by atoms with Gasteiger partial charge in [0, 0.05) is 32.2 Å². The van der Waals surface area contributed by atoms with E-state index in [1.807, 2.05) is 16.3 Å². The summed E-state index contributed by atoms with van der Waals surface area (Å²) in [7, 11) is 0. The lowest BCUT2D eigenvalue weighted by Gasteiger charge is -2.38. The number of nitrogens with one attached hydrogen (secondary N) is 1. The summed E-state index contributed by atoms with van der Waals surface area (Å²) >= 11 is 1.39. The second-order valence-corrected chi connectivity index (χ2v) is 8.42. The number of amides is 2. The largest absolute Gasteiger partial charge is 0.373 e. The molecule has 0 bridgehead atoms. The van der Waals surface area contributed by atoms with Crippen LogP contribution in [0.15, 0.2) is 17.5 Å². The third-order valence-corrected chi connectivity index (χ3v) is 5.96. The quantitative estimate of drug-likeness (QED) is 0.850. The Kier molecular flexibility index (Phi) is 6.32. The second-order valence-electron chi connectivity index (χ2n) is 7.48. The van der Waals surface area contributed by atoms with Gasteiger partial charge in [-0.1, -0.05) is 6.07 Å². The molecule has 0 radical (unpaired) electrons. The Morgan fingerprint density at radius 2 is 2.08 bits per heavy atom. The van der Waals surface area contributed by atoms with Crippen LogP contribution < -0.4 is 5.32 Å². The number of hydrogen-bond donors (Lipinski definition) is 1. The summed E-state index contributed by atoms with van der Waals surface area (Å²) in [6, 6.07) is 3.33. The van der Waals surface area contributed by atoms with Crippen LogP contribution >= 0.6 is 11.3 Å². The molecule has 1 aromatic rings. The number of likely N-dealkylation sites (tertiary alicyclic amines) is 1. The molecule has 2 fully saturated rings. The van der Waals surface area contributed by atoms with Crippen molar-refractivity contribution in [3.05, 3.63) is 22.4 Å². The van der Waals surface area contributed by atoms with Crippen molar-refractivity contribution in [3.8, 4) is 0 Å². The monoisotopic (exact) mass is 379 g/mol. The molecule has 0 aliphatic carbocycles. The predicted octanol–water partition coefficient (Wildman–Crippen LogP) is 1.97. The first-order valence-electron chi connectivity index (χ1n) is 9.46. The summed E-state index contributed by atoms with van der Waals surface area (Å²) < 4.78 is 5.80. The number of carbonyl (C=O) groups excluding carboxylic acids is 2. The van der Waals surface area contributed by atoms with Gasteiger partial charge >= 0.3 is 0 Å². The highest BCUT2D eigenvalue weighted by Gasteiger charge is 2.34. The van der Waals surface area contributed by atoms with Crippen LogP contribution in [0.4, 0.5) is 0 Å². The Labute approximate surface area is 159 Å². The molecule has 1 aromatic heterocycles. The molecule has 3 heterocycles. The van der Waals surface area contributed by atoms with Crippen molar-refractivity contribution in [1.82, 2.24) is 15.1 Å². The van der Waals surface area contributed by atoms with Crippen molar-refractivity contribution < 1.29 is 14.3 Å². The molecule has 0 unspecified atom stereocenters. The van der Waals surface area contributed by atoms with Gasteiger partial charge in [0.05, 0.1) is 17.1 Å². The van der Waals surface area contributed by atoms with Gasteiger partial charge in [-0.05, 0) is 45.1 Å². The summed E-state index contributed by atoms with van der Waals surface area (Å²) in [4.78, 5) is 30.1. The molecular weight excluding hydrogens is 350 g/mol. The molecule has 2 aliphatic rings. The maximum atomic E-state index is 12.9. The zero-order valence-electron chi connectivity index (χ0n) is 15.8. The predicted molar refractivity (Wildman–Crippen MR) is 102 cm³/mol. The smallest absolute Gasteiger partial charge is 0.261 e. The fourth-order valence-corrected chi connectivity index (χ4v) is 4.66. The van der Waals surface area contributed by atoms with Gasteiger partial charge in [0.25, 0.3) is 5.91 Å². The van der Waals surface area contributed by atoms with Crippen LogP contribution in [0.3, 0.4) is 0 Å². The van der Waals surface area contributed by atoms with Crippen LogP contribution in [0.2, 0.25) is 0 Å². The van der Waals surface area contributed by atoms with E-state index in [4.69, 9.17) is 4.74 Å². The van der Waals surface area contributed by atoms with Crippen LogP contribution in [0, 0.1) is 0 Å². The van der Waals surface area contributed by atoms with Gasteiger partial charge in [-0.25, -0.2) is 0 Å². The van der Waals surface area contributed by atoms with E-state index in [2.05, 4.69) is 24.1 Å². The van der Waals surface area contributed by atoms with Gasteiger partial charge in [-0.2, -0.15) is 0 Å². The molecule has 1 N–H and O–H groups in total. The lowest BCUT2D eigenvalue weighted by atomic mass is 10.1. The lowest BCUT2D eigenvalue weighted by Crippen LogP contribution is -2.53. The van der Waals surface area contributed by atoms with Gasteiger partial charge in [0.1, 0.15) is 6.04 Å². The second kappa shape index (κ2) is 8.50. The van der Waals surface area contributed by atoms with E-state index >= 15 is 0 Å². The minimum absolute atomic E-state index is 0.0202. The highest BCUT2D eigenvalue weighted by atomic mass is 32.1. The van der Waals surface area contributed by atoms with Gasteiger partial charge < -0.3 is 15.0 Å². The molecule has 26 heavy (non-hydrogen) atoms. The first kappa shape index (κ1) is 19.3. The van der Waals surface area contributed by atoms with E-state index < -0.39 is 6.04 Å². The lowest BCUT2D eigenvalue weighted by molar-refractivity contribution is -0.134. The topological polar surface area (TPSA) is 61.9 Å². The Hall–Kier alpha value is -1.44. The molecule has 4 atom stereocenters. The van der Waals surface area contributed by atoms with Gasteiger partial charge in [-0.3, -0.25) is 14.5 Å². The highest BCUT2D eigenvalue weighted by Crippen LogP contribution is 2.21. The number of ether oxygens (including phenoxy) is 1. The Bertz CT molecular complexity index is 612. The summed E-state index contributed by atoms with van der Waals surface area (Å²) in [5.74, 6) is -0.154. The van der Waals surface area contributed by atoms with Gasteiger partial charge in [-0.15, -0.1) is 11.3 Å². The third kappa shape index (κ3) is 4.64. The zero-order chi connectivity index (χ0) is 18.7. The highest BCUT2D eigenvalue weighted by molar-refractivity contribution is 7.12. The summed E-state index contributed by atoms with van der Waals surface area (Å²) in [6.45, 7) is 9.46. The van der Waals surface area contributed by atoms with E-state index in [-0.39, 0.29) is 30.1 Å². The number of nitrogens with zero attached hydrogens (tertiary/aromatic N) is 2. The molecule has 0 aromatic carbocycles. The van der Waals surface area contributed by atoms with Crippen molar-refractivity contribution in [2.24, 2.45) is 0 Å². The summed E-state index contributed by atoms with van der Waals surface area (Å²) in [5, 5.41) is 4.71. The molecule has 2 aliphatic heterocycles. The molecule has 144 valence electrons. The summed E-state index contributed by atoms with van der Waals surface area (Å²) in [6.07, 6.45) is 2.51. The van der Waals surface area contributed by atoms with Gasteiger partial charge in [0.15, 0.2) is 0 Å². The third-order valence-electron chi connectivity index (χ3n) is 5.09. The van der Waals surface area contributed by atoms with Crippen LogP contribution in [0.5, 0.6) is 0 Å². The molecule has 7 heteroatoms. The van der Waals surface area contributed by atoms with Crippen molar-refractivity contribution >= 4 is 23.2 Å². The molecule has 2 saturated heterocycles. The fraction of sp³-hybridized carbons (Fsp3) is 0.684. The minimum atomic E-state index is -0.507. The first-order chi connectivity index (χ1) is 12.4. The maximum Gasteiger partial charge on any atom is 0.261 e. The SMILES string of the molecule is C[C@@H]1CN(C[C@@H]2CCCN2C(=O)[C@@H](C)NC(=O)c2cccs2)C[C@H](C)O1. The van der Waals surface area contributed by atoms with Crippen molar-refractivity contribution in [2.75, 3.05) is 26.2 Å². The number of rotatable bonds is 5. The number of morpholine rings is 1. The molecular formula is C19H29N3O3S. The van der Waals surface area contributed by atoms with Crippen molar-refractivity contribution in [1.29, 1.82) is 0 Å².